The van der Waals surface area contributed by atoms with Gasteiger partial charge < -0.3 is 9.64 Å². The molecule has 0 fully saturated rings. The summed E-state index contributed by atoms with van der Waals surface area (Å²) in [6.45, 7) is 6.65. The fraction of sp³-hybridized carbons (Fsp3) is 0.357. The van der Waals surface area contributed by atoms with Crippen LogP contribution < -0.4 is 4.90 Å². The Morgan fingerprint density at radius 2 is 2.28 bits per heavy atom. The molecule has 0 spiro atoms. The first kappa shape index (κ1) is 14.4. The van der Waals surface area contributed by atoms with Gasteiger partial charge in [0.05, 0.1) is 17.9 Å². The van der Waals surface area contributed by atoms with Gasteiger partial charge in [-0.25, -0.2) is 4.39 Å². The molecule has 0 amide bonds. The molecule has 1 aromatic carbocycles. The maximum absolute atomic E-state index is 13.7. The van der Waals surface area contributed by atoms with Gasteiger partial charge in [-0.2, -0.15) is 0 Å². The zero-order valence-electron chi connectivity index (χ0n) is 10.8. The Hall–Kier alpha value is -1.68. The van der Waals surface area contributed by atoms with Gasteiger partial charge in [-0.05, 0) is 19.1 Å². The van der Waals surface area contributed by atoms with E-state index in [-0.39, 0.29) is 11.3 Å². The minimum atomic E-state index is -0.494. The van der Waals surface area contributed by atoms with Crippen LogP contribution in [-0.4, -0.2) is 32.6 Å². The van der Waals surface area contributed by atoms with Crippen molar-refractivity contribution in [2.24, 2.45) is 0 Å². The van der Waals surface area contributed by atoms with Crippen molar-refractivity contribution in [1.29, 1.82) is 0 Å². The lowest BCUT2D eigenvalue weighted by atomic mass is 10.1. The van der Waals surface area contributed by atoms with Gasteiger partial charge in [-0.1, -0.05) is 12.1 Å². The van der Waals surface area contributed by atoms with Crippen LogP contribution in [-0.2, 0) is 4.74 Å². The Bertz CT molecular complexity index is 432. The fourth-order valence-electron chi connectivity index (χ4n) is 1.79. The SMILES string of the molecule is C=CCN(CCOC)c1cccc(F)c1C(C)=O. The van der Waals surface area contributed by atoms with Crippen molar-refractivity contribution in [1.82, 2.24) is 0 Å². The third-order valence-corrected chi connectivity index (χ3v) is 2.60. The van der Waals surface area contributed by atoms with Crippen LogP contribution in [0, 0.1) is 5.82 Å². The molecular formula is C14H18FNO2. The molecule has 0 atom stereocenters. The quantitative estimate of drug-likeness (QED) is 0.551. The minimum Gasteiger partial charge on any atom is -0.383 e. The van der Waals surface area contributed by atoms with Crippen LogP contribution in [0.4, 0.5) is 10.1 Å². The van der Waals surface area contributed by atoms with E-state index in [2.05, 4.69) is 6.58 Å². The van der Waals surface area contributed by atoms with E-state index >= 15 is 0 Å². The van der Waals surface area contributed by atoms with Crippen LogP contribution in [0.5, 0.6) is 0 Å². The summed E-state index contributed by atoms with van der Waals surface area (Å²) in [6, 6.07) is 4.63. The number of Topliss-reactive ketones (excluding diaryl/α,β-unsaturated/α-hetero) is 1. The summed E-state index contributed by atoms with van der Waals surface area (Å²) < 4.78 is 18.7. The molecule has 0 N–H and O–H groups in total. The van der Waals surface area contributed by atoms with E-state index in [9.17, 15) is 9.18 Å². The average Bonchev–Trinajstić information content (AvgIpc) is 2.33. The maximum Gasteiger partial charge on any atom is 0.164 e. The van der Waals surface area contributed by atoms with Crippen LogP contribution in [0.1, 0.15) is 17.3 Å². The first-order chi connectivity index (χ1) is 8.61. The van der Waals surface area contributed by atoms with Gasteiger partial charge in [0.2, 0.25) is 0 Å². The Morgan fingerprint density at radius 3 is 2.83 bits per heavy atom. The van der Waals surface area contributed by atoms with Crippen molar-refractivity contribution in [2.75, 3.05) is 31.7 Å². The van der Waals surface area contributed by atoms with Gasteiger partial charge in [0, 0.05) is 20.2 Å². The monoisotopic (exact) mass is 251 g/mol. The number of ether oxygens (including phenoxy) is 1. The molecule has 0 saturated heterocycles. The van der Waals surface area contributed by atoms with Crippen molar-refractivity contribution in [3.05, 3.63) is 42.2 Å². The Balaban J connectivity index is 3.13. The molecule has 0 saturated carbocycles. The summed E-state index contributed by atoms with van der Waals surface area (Å²) in [5, 5.41) is 0. The minimum absolute atomic E-state index is 0.121. The number of nitrogens with zero attached hydrogens (tertiary/aromatic N) is 1. The van der Waals surface area contributed by atoms with Gasteiger partial charge in [-0.15, -0.1) is 6.58 Å². The number of rotatable bonds is 7. The number of hydrogen-bond donors (Lipinski definition) is 0. The summed E-state index contributed by atoms with van der Waals surface area (Å²) in [4.78, 5) is 13.4. The number of benzene rings is 1. The molecule has 0 unspecified atom stereocenters. The maximum atomic E-state index is 13.7. The van der Waals surface area contributed by atoms with E-state index in [0.29, 0.717) is 25.4 Å². The molecule has 18 heavy (non-hydrogen) atoms. The molecule has 4 heteroatoms. The predicted molar refractivity (Wildman–Crippen MR) is 70.7 cm³/mol. The van der Waals surface area contributed by atoms with Crippen molar-refractivity contribution in [3.63, 3.8) is 0 Å². The molecule has 0 aliphatic heterocycles. The molecule has 0 heterocycles. The number of methoxy groups -OCH3 is 1. The third kappa shape index (κ3) is 3.40. The first-order valence-corrected chi connectivity index (χ1v) is 5.76. The van der Waals surface area contributed by atoms with Crippen LogP contribution >= 0.6 is 0 Å². The van der Waals surface area contributed by atoms with Gasteiger partial charge in [0.15, 0.2) is 5.78 Å². The van der Waals surface area contributed by atoms with E-state index in [0.717, 1.165) is 0 Å². The highest BCUT2D eigenvalue weighted by Gasteiger charge is 2.17. The molecule has 3 nitrogen and oxygen atoms in total. The molecule has 98 valence electrons. The Morgan fingerprint density at radius 1 is 1.56 bits per heavy atom. The second-order valence-corrected chi connectivity index (χ2v) is 3.92. The lowest BCUT2D eigenvalue weighted by molar-refractivity contribution is 0.101. The largest absolute Gasteiger partial charge is 0.383 e. The van der Waals surface area contributed by atoms with Crippen LogP contribution in [0.2, 0.25) is 0 Å². The lowest BCUT2D eigenvalue weighted by Crippen LogP contribution is -2.29. The number of ketones is 1. The molecule has 0 aliphatic rings. The normalized spacial score (nSPS) is 10.2. The highest BCUT2D eigenvalue weighted by Crippen LogP contribution is 2.23. The molecule has 0 bridgehead atoms. The zero-order valence-corrected chi connectivity index (χ0v) is 10.8. The molecular weight excluding hydrogens is 233 g/mol. The Kier molecular flexibility index (Phi) is 5.52. The number of hydrogen-bond acceptors (Lipinski definition) is 3. The number of halogens is 1. The lowest BCUT2D eigenvalue weighted by Gasteiger charge is -2.25. The van der Waals surface area contributed by atoms with E-state index in [1.54, 1.807) is 25.3 Å². The van der Waals surface area contributed by atoms with Gasteiger partial charge in [0.25, 0.3) is 0 Å². The summed E-state index contributed by atoms with van der Waals surface area (Å²) in [5.41, 5.74) is 0.704. The number of anilines is 1. The molecule has 0 radical (unpaired) electrons. The number of carbonyl (C=O) groups excluding carboxylic acids is 1. The molecule has 0 aliphatic carbocycles. The van der Waals surface area contributed by atoms with Crippen LogP contribution in [0.3, 0.4) is 0 Å². The van der Waals surface area contributed by atoms with E-state index < -0.39 is 5.82 Å². The summed E-state index contributed by atoms with van der Waals surface area (Å²) >= 11 is 0. The Labute approximate surface area is 107 Å². The smallest absolute Gasteiger partial charge is 0.164 e. The molecule has 0 aromatic heterocycles. The van der Waals surface area contributed by atoms with Crippen molar-refractivity contribution < 1.29 is 13.9 Å². The predicted octanol–water partition coefficient (Wildman–Crippen LogP) is 2.67. The standard InChI is InChI=1S/C14H18FNO2/c1-4-8-16(9-10-18-3)13-7-5-6-12(15)14(13)11(2)17/h4-7H,1,8-10H2,2-3H3. The van der Waals surface area contributed by atoms with Crippen molar-refractivity contribution in [3.8, 4) is 0 Å². The van der Waals surface area contributed by atoms with Gasteiger partial charge in [0.1, 0.15) is 5.82 Å². The third-order valence-electron chi connectivity index (χ3n) is 2.60. The summed E-state index contributed by atoms with van der Waals surface area (Å²) in [6.07, 6.45) is 1.71. The average molecular weight is 251 g/mol. The van der Waals surface area contributed by atoms with Crippen LogP contribution in [0.15, 0.2) is 30.9 Å². The van der Waals surface area contributed by atoms with E-state index in [4.69, 9.17) is 4.74 Å². The highest BCUT2D eigenvalue weighted by atomic mass is 19.1. The number of carbonyl (C=O) groups is 1. The topological polar surface area (TPSA) is 29.5 Å². The van der Waals surface area contributed by atoms with Crippen molar-refractivity contribution >= 4 is 11.5 Å². The summed E-state index contributed by atoms with van der Waals surface area (Å²) in [5.74, 6) is -0.777. The summed E-state index contributed by atoms with van der Waals surface area (Å²) in [7, 11) is 1.60. The second-order valence-electron chi connectivity index (χ2n) is 3.92. The fourth-order valence-corrected chi connectivity index (χ4v) is 1.79. The second kappa shape index (κ2) is 6.91. The van der Waals surface area contributed by atoms with Crippen LogP contribution in [0.25, 0.3) is 0 Å². The van der Waals surface area contributed by atoms with Crippen molar-refractivity contribution in [2.45, 2.75) is 6.92 Å². The molecule has 1 aromatic rings. The highest BCUT2D eigenvalue weighted by molar-refractivity contribution is 6.00. The van der Waals surface area contributed by atoms with E-state index in [1.165, 1.54) is 13.0 Å². The zero-order chi connectivity index (χ0) is 13.5. The van der Waals surface area contributed by atoms with E-state index in [1.807, 2.05) is 4.90 Å². The first-order valence-electron chi connectivity index (χ1n) is 5.76. The molecule has 1 rings (SSSR count). The van der Waals surface area contributed by atoms with Gasteiger partial charge >= 0.3 is 0 Å². The van der Waals surface area contributed by atoms with Gasteiger partial charge in [-0.3, -0.25) is 4.79 Å².